The molecule has 19 heteroatoms. The van der Waals surface area contributed by atoms with Crippen LogP contribution in [-0.2, 0) is 65.4 Å². The molecule has 4 unspecified atom stereocenters. The first kappa shape index (κ1) is 104. The first-order valence-corrected chi connectivity index (χ1v) is 47.8. The summed E-state index contributed by atoms with van der Waals surface area (Å²) in [5.74, 6) is 1.09. The van der Waals surface area contributed by atoms with Gasteiger partial charge in [0.1, 0.15) is 19.3 Å². The van der Waals surface area contributed by atoms with E-state index in [2.05, 4.69) is 55.4 Å². The average Bonchev–Trinajstić information content (AvgIpc) is 0.904. The maximum Gasteiger partial charge on any atom is 0.472 e. The molecule has 0 aromatic carbocycles. The van der Waals surface area contributed by atoms with Gasteiger partial charge < -0.3 is 33.8 Å². The van der Waals surface area contributed by atoms with E-state index in [1.54, 1.807) is 0 Å². The van der Waals surface area contributed by atoms with Crippen LogP contribution in [0.4, 0.5) is 0 Å². The Labute approximate surface area is 651 Å². The summed E-state index contributed by atoms with van der Waals surface area (Å²) in [6.45, 7) is 14.4. The number of aliphatic hydroxyl groups is 1. The third-order valence-electron chi connectivity index (χ3n) is 21.0. The Balaban J connectivity index is 5.23. The number of phosphoric acid groups is 2. The fraction of sp³-hybridized carbons (Fsp3) is 0.954. The predicted molar refractivity (Wildman–Crippen MR) is 437 cm³/mol. The van der Waals surface area contributed by atoms with Gasteiger partial charge in [0.2, 0.25) is 0 Å². The number of carbonyl (C=O) groups is 4. The zero-order valence-corrected chi connectivity index (χ0v) is 71.9. The van der Waals surface area contributed by atoms with E-state index in [0.29, 0.717) is 25.7 Å². The predicted octanol–water partition coefficient (Wildman–Crippen LogP) is 26.3. The molecule has 0 rings (SSSR count). The van der Waals surface area contributed by atoms with Crippen molar-refractivity contribution in [3.05, 3.63) is 0 Å². The summed E-state index contributed by atoms with van der Waals surface area (Å²) in [5.41, 5.74) is 0. The van der Waals surface area contributed by atoms with E-state index in [9.17, 15) is 43.2 Å². The van der Waals surface area contributed by atoms with E-state index in [1.165, 1.54) is 250 Å². The number of hydrogen-bond donors (Lipinski definition) is 3. The van der Waals surface area contributed by atoms with Crippen molar-refractivity contribution in [1.82, 2.24) is 0 Å². The summed E-state index contributed by atoms with van der Waals surface area (Å²) in [4.78, 5) is 73.2. The van der Waals surface area contributed by atoms with Crippen LogP contribution in [0, 0.1) is 23.7 Å². The molecule has 630 valence electrons. The van der Waals surface area contributed by atoms with E-state index < -0.39 is 97.5 Å². The average molecular weight is 1550 g/mol. The lowest BCUT2D eigenvalue weighted by atomic mass is 9.99. The molecule has 0 fully saturated rings. The summed E-state index contributed by atoms with van der Waals surface area (Å²) < 4.78 is 68.9. The molecule has 0 amide bonds. The summed E-state index contributed by atoms with van der Waals surface area (Å²) in [6.07, 6.45) is 65.3. The number of carbonyl (C=O) groups excluding carboxylic acids is 4. The highest BCUT2D eigenvalue weighted by atomic mass is 31.2. The molecule has 0 spiro atoms. The number of ether oxygens (including phenoxy) is 4. The lowest BCUT2D eigenvalue weighted by Gasteiger charge is -2.21. The summed E-state index contributed by atoms with van der Waals surface area (Å²) in [5, 5.41) is 10.7. The lowest BCUT2D eigenvalue weighted by molar-refractivity contribution is -0.161. The van der Waals surface area contributed by atoms with Gasteiger partial charge in [-0.1, -0.05) is 402 Å². The molecule has 0 aromatic heterocycles. The minimum Gasteiger partial charge on any atom is -0.462 e. The molecule has 17 nitrogen and oxygen atoms in total. The standard InChI is InChI=1S/C87H170O17P2/c1-9-79(7)65-57-49-41-35-29-23-18-20-26-32-38-44-54-62-69-86(91)103-82(73-97-84(89)67-59-51-42-36-30-24-16-14-12-11-13-15-21-27-33-39-47-55-63-77(3)4)75-101-105(93,94)99-71-81(88)72-100-106(95,96)102-76-83(74-98-85(90)68-60-52-46-45-50-58-66-80(8)10-2)104-87(92)70-61-53-43-37-31-25-19-17-22-28-34-40-48-56-64-78(5)6/h77-83,88H,9-76H2,1-8H3,(H,93,94)(H,95,96)/t79?,80?,81-,82-,83-/m1/s1. The summed E-state index contributed by atoms with van der Waals surface area (Å²) in [7, 11) is -9.93. The van der Waals surface area contributed by atoms with Gasteiger partial charge in [0.15, 0.2) is 12.2 Å². The van der Waals surface area contributed by atoms with Gasteiger partial charge in [-0.15, -0.1) is 0 Å². The molecule has 0 saturated carbocycles. The van der Waals surface area contributed by atoms with Gasteiger partial charge in [0.05, 0.1) is 26.4 Å². The highest BCUT2D eigenvalue weighted by Crippen LogP contribution is 2.45. The second kappa shape index (κ2) is 75.7. The number of rotatable bonds is 84. The van der Waals surface area contributed by atoms with Crippen molar-refractivity contribution in [1.29, 1.82) is 0 Å². The summed E-state index contributed by atoms with van der Waals surface area (Å²) in [6, 6.07) is 0. The highest BCUT2D eigenvalue weighted by Gasteiger charge is 2.31. The fourth-order valence-corrected chi connectivity index (χ4v) is 15.0. The Morgan fingerprint density at radius 3 is 0.670 bits per heavy atom. The normalized spacial score (nSPS) is 14.4. The molecule has 0 radical (unpaired) electrons. The van der Waals surface area contributed by atoms with Crippen molar-refractivity contribution in [2.45, 2.75) is 472 Å². The Bertz CT molecular complexity index is 2060. The van der Waals surface area contributed by atoms with Crippen molar-refractivity contribution in [3.63, 3.8) is 0 Å². The SMILES string of the molecule is CCC(C)CCCCCCCCCCCCCCCCC(=O)O[C@H](COC(=O)CCCCCCCCCCCCCCCCCCCCC(C)C)COP(=O)(O)OC[C@@H](O)COP(=O)(O)OC[C@@H](COC(=O)CCCCCCCCC(C)CC)OC(=O)CCCCCCCCCCCCCCCCC(C)C. The molecule has 7 atom stereocenters. The monoisotopic (exact) mass is 1550 g/mol. The van der Waals surface area contributed by atoms with Crippen LogP contribution in [0.3, 0.4) is 0 Å². The van der Waals surface area contributed by atoms with Crippen molar-refractivity contribution in [2.24, 2.45) is 23.7 Å². The van der Waals surface area contributed by atoms with Crippen LogP contribution in [0.25, 0.3) is 0 Å². The van der Waals surface area contributed by atoms with E-state index in [1.807, 2.05) is 0 Å². The zero-order valence-electron chi connectivity index (χ0n) is 70.1. The van der Waals surface area contributed by atoms with Crippen LogP contribution in [0.5, 0.6) is 0 Å². The lowest BCUT2D eigenvalue weighted by Crippen LogP contribution is -2.30. The quantitative estimate of drug-likeness (QED) is 0.0222. The third-order valence-corrected chi connectivity index (χ3v) is 22.9. The fourth-order valence-electron chi connectivity index (χ4n) is 13.4. The van der Waals surface area contributed by atoms with E-state index in [-0.39, 0.29) is 25.7 Å². The van der Waals surface area contributed by atoms with Gasteiger partial charge in [0.25, 0.3) is 0 Å². The van der Waals surface area contributed by atoms with Crippen molar-refractivity contribution < 1.29 is 80.2 Å². The minimum absolute atomic E-state index is 0.106. The molecule has 0 bridgehead atoms. The molecule has 0 aliphatic rings. The third kappa shape index (κ3) is 77.4. The molecular formula is C87H170O17P2. The zero-order chi connectivity index (χ0) is 78.1. The van der Waals surface area contributed by atoms with Gasteiger partial charge in [-0.05, 0) is 49.4 Å². The maximum absolute atomic E-state index is 13.2. The first-order chi connectivity index (χ1) is 51.2. The number of hydrogen-bond acceptors (Lipinski definition) is 15. The summed E-state index contributed by atoms with van der Waals surface area (Å²) >= 11 is 0. The molecule has 106 heavy (non-hydrogen) atoms. The van der Waals surface area contributed by atoms with Crippen LogP contribution < -0.4 is 0 Å². The van der Waals surface area contributed by atoms with Crippen LogP contribution in [0.2, 0.25) is 0 Å². The van der Waals surface area contributed by atoms with Crippen molar-refractivity contribution in [2.75, 3.05) is 39.6 Å². The molecule has 0 heterocycles. The van der Waals surface area contributed by atoms with Gasteiger partial charge >= 0.3 is 39.5 Å². The van der Waals surface area contributed by atoms with Crippen LogP contribution >= 0.6 is 15.6 Å². The van der Waals surface area contributed by atoms with Crippen LogP contribution in [-0.4, -0.2) is 96.7 Å². The van der Waals surface area contributed by atoms with Crippen LogP contribution in [0.15, 0.2) is 0 Å². The molecular weight excluding hydrogens is 1380 g/mol. The number of aliphatic hydroxyl groups excluding tert-OH is 1. The van der Waals surface area contributed by atoms with Gasteiger partial charge in [-0.2, -0.15) is 0 Å². The molecule has 0 aliphatic carbocycles. The molecule has 0 saturated heterocycles. The Morgan fingerprint density at radius 1 is 0.264 bits per heavy atom. The van der Waals surface area contributed by atoms with E-state index in [0.717, 1.165) is 120 Å². The smallest absolute Gasteiger partial charge is 0.462 e. The van der Waals surface area contributed by atoms with Crippen LogP contribution in [0.1, 0.15) is 453 Å². The topological polar surface area (TPSA) is 237 Å². The maximum atomic E-state index is 13.2. The molecule has 3 N–H and O–H groups in total. The van der Waals surface area contributed by atoms with E-state index in [4.69, 9.17) is 37.0 Å². The van der Waals surface area contributed by atoms with Crippen molar-refractivity contribution >= 4 is 39.5 Å². The van der Waals surface area contributed by atoms with E-state index >= 15 is 0 Å². The van der Waals surface area contributed by atoms with Gasteiger partial charge in [-0.25, -0.2) is 9.13 Å². The minimum atomic E-state index is -4.97. The van der Waals surface area contributed by atoms with Crippen molar-refractivity contribution in [3.8, 4) is 0 Å². The number of esters is 4. The Kier molecular flexibility index (Phi) is 74.3. The molecule has 0 aromatic rings. The first-order valence-electron chi connectivity index (χ1n) is 44.8. The number of phosphoric ester groups is 2. The molecule has 0 aliphatic heterocycles. The Morgan fingerprint density at radius 2 is 0.453 bits per heavy atom. The van der Waals surface area contributed by atoms with Gasteiger partial charge in [0, 0.05) is 25.7 Å². The van der Waals surface area contributed by atoms with Gasteiger partial charge in [-0.3, -0.25) is 37.3 Å². The second-order valence-electron chi connectivity index (χ2n) is 32.7. The second-order valence-corrected chi connectivity index (χ2v) is 35.6. The Hall–Kier alpha value is -1.94. The number of unbranched alkanes of at least 4 members (excludes halogenated alkanes) is 48. The highest BCUT2D eigenvalue weighted by molar-refractivity contribution is 7.47. The largest absolute Gasteiger partial charge is 0.472 e.